The van der Waals surface area contributed by atoms with E-state index < -0.39 is 0 Å². The van der Waals surface area contributed by atoms with Gasteiger partial charge >= 0.3 is 0 Å². The summed E-state index contributed by atoms with van der Waals surface area (Å²) in [5.41, 5.74) is 2.53. The first-order valence-corrected chi connectivity index (χ1v) is 6.50. The Labute approximate surface area is 116 Å². The average molecular weight is 325 g/mol. The van der Waals surface area contributed by atoms with Crippen molar-refractivity contribution in [2.45, 2.75) is 13.5 Å². The summed E-state index contributed by atoms with van der Waals surface area (Å²) < 4.78 is 8.48. The predicted molar refractivity (Wildman–Crippen MR) is 73.0 cm³/mol. The molecule has 0 amide bonds. The lowest BCUT2D eigenvalue weighted by Crippen LogP contribution is -2.00. The number of aryl methyl sites for hydroxylation is 1. The van der Waals surface area contributed by atoms with Gasteiger partial charge in [-0.05, 0) is 41.1 Å². The lowest BCUT2D eigenvalue weighted by molar-refractivity contribution is 0.389. The van der Waals surface area contributed by atoms with E-state index in [1.165, 1.54) is 0 Å². The molecule has 3 aromatic rings. The van der Waals surface area contributed by atoms with Gasteiger partial charge in [0.15, 0.2) is 10.4 Å². The SMILES string of the molecule is Cc1cc(Cn2c(=S)[nH]c3cc(Br)cnc32)no1. The molecule has 0 aliphatic carbocycles. The van der Waals surface area contributed by atoms with Crippen LogP contribution >= 0.6 is 28.1 Å². The van der Waals surface area contributed by atoms with Crippen molar-refractivity contribution in [3.63, 3.8) is 0 Å². The third-order valence-corrected chi connectivity index (χ3v) is 3.33. The first-order chi connectivity index (χ1) is 8.63. The number of nitrogens with one attached hydrogen (secondary N) is 1. The second kappa shape index (κ2) is 4.33. The Bertz CT molecular complexity index is 773. The van der Waals surface area contributed by atoms with Gasteiger partial charge in [-0.3, -0.25) is 4.57 Å². The molecule has 0 aromatic carbocycles. The van der Waals surface area contributed by atoms with E-state index >= 15 is 0 Å². The molecule has 3 rings (SSSR count). The lowest BCUT2D eigenvalue weighted by atomic mass is 10.3. The number of pyridine rings is 1. The topological polar surface area (TPSA) is 59.6 Å². The van der Waals surface area contributed by atoms with E-state index in [9.17, 15) is 0 Å². The van der Waals surface area contributed by atoms with Crippen molar-refractivity contribution >= 4 is 39.3 Å². The van der Waals surface area contributed by atoms with Crippen LogP contribution in [0, 0.1) is 11.7 Å². The fraction of sp³-hybridized carbons (Fsp3) is 0.182. The number of nitrogens with zero attached hydrogens (tertiary/aromatic N) is 3. The molecule has 92 valence electrons. The summed E-state index contributed by atoms with van der Waals surface area (Å²) in [5, 5.41) is 3.96. The first kappa shape index (κ1) is 11.6. The standard InChI is InChI=1S/C11H9BrN4OS/c1-6-2-8(15-17-6)5-16-10-9(14-11(16)18)3-7(12)4-13-10/h2-4H,5H2,1H3,(H,14,18). The first-order valence-electron chi connectivity index (χ1n) is 5.30. The molecule has 0 fully saturated rings. The Morgan fingerprint density at radius 2 is 2.33 bits per heavy atom. The van der Waals surface area contributed by atoms with Crippen LogP contribution in [0.2, 0.25) is 0 Å². The van der Waals surface area contributed by atoms with Crippen molar-refractivity contribution in [3.05, 3.63) is 39.0 Å². The van der Waals surface area contributed by atoms with Crippen molar-refractivity contribution < 1.29 is 4.52 Å². The number of fused-ring (bicyclic) bond motifs is 1. The number of halogens is 1. The van der Waals surface area contributed by atoms with E-state index in [0.29, 0.717) is 11.3 Å². The normalized spacial score (nSPS) is 11.2. The van der Waals surface area contributed by atoms with Gasteiger partial charge in [-0.25, -0.2) is 4.98 Å². The Balaban J connectivity index is 2.11. The molecule has 0 saturated carbocycles. The summed E-state index contributed by atoms with van der Waals surface area (Å²) in [6.07, 6.45) is 1.75. The maximum Gasteiger partial charge on any atom is 0.179 e. The van der Waals surface area contributed by atoms with Crippen LogP contribution < -0.4 is 0 Å². The van der Waals surface area contributed by atoms with Crippen molar-refractivity contribution in [3.8, 4) is 0 Å². The summed E-state index contributed by atoms with van der Waals surface area (Å²) >= 11 is 8.68. The number of aromatic nitrogens is 4. The highest BCUT2D eigenvalue weighted by Gasteiger charge is 2.09. The number of hydrogen-bond acceptors (Lipinski definition) is 4. The number of aromatic amines is 1. The van der Waals surface area contributed by atoms with E-state index in [4.69, 9.17) is 16.7 Å². The lowest BCUT2D eigenvalue weighted by Gasteiger charge is -1.99. The summed E-state index contributed by atoms with van der Waals surface area (Å²) in [4.78, 5) is 7.49. The second-order valence-corrected chi connectivity index (χ2v) is 5.27. The molecule has 0 radical (unpaired) electrons. The number of hydrogen-bond donors (Lipinski definition) is 1. The van der Waals surface area contributed by atoms with Gasteiger partial charge in [-0.1, -0.05) is 5.16 Å². The highest BCUT2D eigenvalue weighted by atomic mass is 79.9. The molecule has 0 spiro atoms. The van der Waals surface area contributed by atoms with Gasteiger partial charge in [0, 0.05) is 16.7 Å². The summed E-state index contributed by atoms with van der Waals surface area (Å²) in [6, 6.07) is 3.84. The fourth-order valence-corrected chi connectivity index (χ4v) is 2.41. The fourth-order valence-electron chi connectivity index (χ4n) is 1.82. The van der Waals surface area contributed by atoms with Gasteiger partial charge in [0.25, 0.3) is 0 Å². The minimum absolute atomic E-state index is 0.546. The van der Waals surface area contributed by atoms with Crippen LogP contribution in [0.1, 0.15) is 11.5 Å². The zero-order valence-corrected chi connectivity index (χ0v) is 11.9. The van der Waals surface area contributed by atoms with Crippen LogP contribution in [0.15, 0.2) is 27.3 Å². The second-order valence-electron chi connectivity index (χ2n) is 3.97. The molecule has 7 heteroatoms. The van der Waals surface area contributed by atoms with Gasteiger partial charge in [0.2, 0.25) is 0 Å². The van der Waals surface area contributed by atoms with Crippen LogP contribution in [0.5, 0.6) is 0 Å². The van der Waals surface area contributed by atoms with Crippen LogP contribution in [0.3, 0.4) is 0 Å². The van der Waals surface area contributed by atoms with Crippen molar-refractivity contribution in [1.29, 1.82) is 0 Å². The Hall–Kier alpha value is -1.47. The molecule has 0 bridgehead atoms. The van der Waals surface area contributed by atoms with Crippen molar-refractivity contribution in [1.82, 2.24) is 19.7 Å². The zero-order chi connectivity index (χ0) is 12.7. The highest BCUT2D eigenvalue weighted by Crippen LogP contribution is 2.18. The summed E-state index contributed by atoms with van der Waals surface area (Å²) in [6.45, 7) is 2.41. The predicted octanol–water partition coefficient (Wildman–Crippen LogP) is 3.20. The number of imidazole rings is 1. The van der Waals surface area contributed by atoms with Crippen LogP contribution in [-0.2, 0) is 6.54 Å². The molecule has 1 N–H and O–H groups in total. The van der Waals surface area contributed by atoms with E-state index in [1.54, 1.807) is 6.20 Å². The Kier molecular flexibility index (Phi) is 2.79. The minimum Gasteiger partial charge on any atom is -0.361 e. The maximum atomic E-state index is 5.30. The van der Waals surface area contributed by atoms with Gasteiger partial charge < -0.3 is 9.51 Å². The minimum atomic E-state index is 0.546. The smallest absolute Gasteiger partial charge is 0.179 e. The molecule has 0 atom stereocenters. The summed E-state index contributed by atoms with van der Waals surface area (Å²) in [5.74, 6) is 0.784. The molecule has 0 unspecified atom stereocenters. The average Bonchev–Trinajstić information content (AvgIpc) is 2.84. The van der Waals surface area contributed by atoms with Crippen molar-refractivity contribution in [2.24, 2.45) is 0 Å². The van der Waals surface area contributed by atoms with Gasteiger partial charge in [0.1, 0.15) is 11.5 Å². The van der Waals surface area contributed by atoms with Gasteiger partial charge in [-0.2, -0.15) is 0 Å². The van der Waals surface area contributed by atoms with Crippen LogP contribution in [0.4, 0.5) is 0 Å². The summed E-state index contributed by atoms with van der Waals surface area (Å²) in [7, 11) is 0. The molecule has 3 aromatic heterocycles. The number of rotatable bonds is 2. The van der Waals surface area contributed by atoms with E-state index in [2.05, 4.69) is 31.1 Å². The molecular weight excluding hydrogens is 316 g/mol. The van der Waals surface area contributed by atoms with Gasteiger partial charge in [-0.15, -0.1) is 0 Å². The molecular formula is C11H9BrN4OS. The van der Waals surface area contributed by atoms with E-state index in [0.717, 1.165) is 27.1 Å². The highest BCUT2D eigenvalue weighted by molar-refractivity contribution is 9.10. The monoisotopic (exact) mass is 324 g/mol. The van der Waals surface area contributed by atoms with Crippen LogP contribution in [-0.4, -0.2) is 19.7 Å². The third-order valence-electron chi connectivity index (χ3n) is 2.57. The van der Waals surface area contributed by atoms with Crippen molar-refractivity contribution in [2.75, 3.05) is 0 Å². The van der Waals surface area contributed by atoms with Gasteiger partial charge in [0.05, 0.1) is 12.1 Å². The van der Waals surface area contributed by atoms with E-state index in [1.807, 2.05) is 23.6 Å². The molecule has 18 heavy (non-hydrogen) atoms. The Morgan fingerprint density at radius 3 is 3.06 bits per heavy atom. The van der Waals surface area contributed by atoms with Crippen LogP contribution in [0.25, 0.3) is 11.2 Å². The molecule has 0 saturated heterocycles. The largest absolute Gasteiger partial charge is 0.361 e. The number of H-pyrrole nitrogens is 1. The Morgan fingerprint density at radius 1 is 1.50 bits per heavy atom. The zero-order valence-electron chi connectivity index (χ0n) is 9.48. The molecule has 0 aliphatic heterocycles. The van der Waals surface area contributed by atoms with E-state index in [-0.39, 0.29) is 0 Å². The maximum absolute atomic E-state index is 5.30. The molecule has 0 aliphatic rings. The third kappa shape index (κ3) is 1.99. The quantitative estimate of drug-likeness (QED) is 0.735. The molecule has 5 nitrogen and oxygen atoms in total. The molecule has 3 heterocycles.